The van der Waals surface area contributed by atoms with Gasteiger partial charge in [-0.15, -0.1) is 0 Å². The monoisotopic (exact) mass is 234 g/mol. The zero-order chi connectivity index (χ0) is 12.5. The summed E-state index contributed by atoms with van der Waals surface area (Å²) in [4.78, 5) is 0. The van der Waals surface area contributed by atoms with Crippen LogP contribution in [0.25, 0.3) is 6.08 Å². The lowest BCUT2D eigenvalue weighted by atomic mass is 9.97. The van der Waals surface area contributed by atoms with E-state index in [1.165, 1.54) is 21.6 Å². The van der Waals surface area contributed by atoms with Crippen molar-refractivity contribution in [3.8, 4) is 0 Å². The number of nitrogens with zero attached hydrogens (tertiary/aromatic N) is 1. The van der Waals surface area contributed by atoms with Crippen LogP contribution in [0.3, 0.4) is 0 Å². The maximum Gasteiger partial charge on any atom is 0.217 e. The third-order valence-electron chi connectivity index (χ3n) is 3.59. The number of aromatic nitrogens is 1. The van der Waals surface area contributed by atoms with Gasteiger partial charge in [-0.05, 0) is 41.8 Å². The van der Waals surface area contributed by atoms with Crippen LogP contribution >= 0.6 is 0 Å². The van der Waals surface area contributed by atoms with Crippen molar-refractivity contribution in [1.82, 2.24) is 0 Å². The lowest BCUT2D eigenvalue weighted by Gasteiger charge is -2.07. The Hall–Kier alpha value is -2.15. The molecule has 0 bridgehead atoms. The van der Waals surface area contributed by atoms with Crippen molar-refractivity contribution in [2.75, 3.05) is 0 Å². The van der Waals surface area contributed by atoms with Crippen LogP contribution in [0.4, 0.5) is 0 Å². The first-order chi connectivity index (χ1) is 8.77. The maximum absolute atomic E-state index is 4.04. The Morgan fingerprint density at radius 1 is 1.17 bits per heavy atom. The average molecular weight is 234 g/mol. The molecule has 0 fully saturated rings. The fourth-order valence-corrected chi connectivity index (χ4v) is 2.56. The highest BCUT2D eigenvalue weighted by atomic mass is 14.8. The predicted octanol–water partition coefficient (Wildman–Crippen LogP) is 2.10. The molecular weight excluding hydrogens is 218 g/mol. The fraction of sp³-hybridized carbons (Fsp3) is 0.118. The summed E-state index contributed by atoms with van der Waals surface area (Å²) in [5.41, 5.74) is 2.79. The van der Waals surface area contributed by atoms with Crippen LogP contribution in [-0.2, 0) is 6.42 Å². The lowest BCUT2D eigenvalue weighted by molar-refractivity contribution is -0.510. The highest BCUT2D eigenvalue weighted by Crippen LogP contribution is 2.09. The second kappa shape index (κ2) is 4.26. The van der Waals surface area contributed by atoms with Crippen LogP contribution in [0.15, 0.2) is 48.7 Å². The molecule has 1 aromatic carbocycles. The zero-order valence-corrected chi connectivity index (χ0v) is 10.6. The van der Waals surface area contributed by atoms with Gasteiger partial charge in [-0.1, -0.05) is 24.3 Å². The standard InChI is InChI=1S/C17H16N/c1-13-15-8-4-3-7-14(15)10-11-16(13)17-9-5-6-12-18(17)2/h3-7,9-12H,2,8H2,1H3/q+1/b17-16-. The van der Waals surface area contributed by atoms with Crippen LogP contribution < -0.4 is 9.46 Å². The maximum atomic E-state index is 4.04. The summed E-state index contributed by atoms with van der Waals surface area (Å²) in [6.07, 6.45) is 9.53. The third-order valence-corrected chi connectivity index (χ3v) is 3.59. The van der Waals surface area contributed by atoms with E-state index in [-0.39, 0.29) is 0 Å². The van der Waals surface area contributed by atoms with E-state index in [1.54, 1.807) is 0 Å². The molecule has 0 N–H and O–H groups in total. The number of fused-ring (bicyclic) bond motifs is 1. The molecule has 1 aliphatic rings. The molecule has 1 nitrogen and oxygen atoms in total. The minimum atomic E-state index is 1.02. The first kappa shape index (κ1) is 11.0. The van der Waals surface area contributed by atoms with Gasteiger partial charge in [0, 0.05) is 17.4 Å². The third kappa shape index (κ3) is 1.68. The molecule has 0 radical (unpaired) electrons. The van der Waals surface area contributed by atoms with Gasteiger partial charge in [-0.3, -0.25) is 0 Å². The van der Waals surface area contributed by atoms with Gasteiger partial charge in [0.1, 0.15) is 6.72 Å². The lowest BCUT2D eigenvalue weighted by Crippen LogP contribution is -2.17. The summed E-state index contributed by atoms with van der Waals surface area (Å²) in [5, 5.41) is 3.77. The van der Waals surface area contributed by atoms with Crippen molar-refractivity contribution in [1.29, 1.82) is 0 Å². The highest BCUT2D eigenvalue weighted by Gasteiger charge is 2.05. The van der Waals surface area contributed by atoms with Crippen molar-refractivity contribution in [2.45, 2.75) is 13.3 Å². The average Bonchev–Trinajstić information content (AvgIpc) is 2.41. The smallest absolute Gasteiger partial charge is 0.174 e. The molecule has 1 aliphatic carbocycles. The van der Waals surface area contributed by atoms with Gasteiger partial charge >= 0.3 is 0 Å². The van der Waals surface area contributed by atoms with Gasteiger partial charge in [-0.25, -0.2) is 0 Å². The van der Waals surface area contributed by atoms with E-state index in [0.717, 1.165) is 11.8 Å². The first-order valence-electron chi connectivity index (χ1n) is 6.21. The number of hydrogen-bond donors (Lipinski definition) is 0. The van der Waals surface area contributed by atoms with Gasteiger partial charge in [0.15, 0.2) is 6.20 Å². The Morgan fingerprint density at radius 2 is 2.06 bits per heavy atom. The Morgan fingerprint density at radius 3 is 2.89 bits per heavy atom. The molecule has 0 amide bonds. The second-order valence-corrected chi connectivity index (χ2v) is 4.66. The predicted molar refractivity (Wildman–Crippen MR) is 73.2 cm³/mol. The van der Waals surface area contributed by atoms with Gasteiger partial charge in [0.25, 0.3) is 0 Å². The van der Waals surface area contributed by atoms with Crippen LogP contribution in [0.2, 0.25) is 0 Å². The SMILES string of the molecule is C=[n+]1cccc/c1=c1\ccc2c(c1C)CC=CC=2. The van der Waals surface area contributed by atoms with E-state index in [2.05, 4.69) is 56.1 Å². The Kier molecular flexibility index (Phi) is 2.60. The van der Waals surface area contributed by atoms with Crippen molar-refractivity contribution >= 4 is 6.08 Å². The second-order valence-electron chi connectivity index (χ2n) is 4.66. The largest absolute Gasteiger partial charge is 0.217 e. The molecule has 18 heavy (non-hydrogen) atoms. The molecule has 1 aromatic heterocycles. The molecule has 0 spiro atoms. The molecule has 2 aromatic rings. The van der Waals surface area contributed by atoms with Crippen LogP contribution in [-0.4, -0.2) is 0 Å². The van der Waals surface area contributed by atoms with E-state index < -0.39 is 0 Å². The van der Waals surface area contributed by atoms with Crippen molar-refractivity contribution in [3.63, 3.8) is 0 Å². The zero-order valence-electron chi connectivity index (χ0n) is 10.6. The minimum absolute atomic E-state index is 1.02. The molecule has 1 heteroatoms. The van der Waals surface area contributed by atoms with Gasteiger partial charge < -0.3 is 0 Å². The Balaban J connectivity index is 2.53. The van der Waals surface area contributed by atoms with Crippen molar-refractivity contribution in [3.05, 3.63) is 82.3 Å². The molecule has 1 heterocycles. The number of pyridine rings is 1. The first-order valence-corrected chi connectivity index (χ1v) is 6.21. The minimum Gasteiger partial charge on any atom is -0.174 e. The van der Waals surface area contributed by atoms with Crippen LogP contribution in [0.1, 0.15) is 11.1 Å². The van der Waals surface area contributed by atoms with E-state index in [9.17, 15) is 0 Å². The normalized spacial score (nSPS) is 14.9. The van der Waals surface area contributed by atoms with Crippen LogP contribution in [0.5, 0.6) is 0 Å². The fourth-order valence-electron chi connectivity index (χ4n) is 2.56. The van der Waals surface area contributed by atoms with Gasteiger partial charge in [0.05, 0.1) is 0 Å². The topological polar surface area (TPSA) is 5.90 Å². The van der Waals surface area contributed by atoms with E-state index >= 15 is 0 Å². The van der Waals surface area contributed by atoms with Crippen molar-refractivity contribution < 1.29 is 4.24 Å². The summed E-state index contributed by atoms with van der Waals surface area (Å²) in [7, 11) is 0. The number of hydrogen-bond acceptors (Lipinski definition) is 0. The molecule has 0 saturated heterocycles. The summed E-state index contributed by atoms with van der Waals surface area (Å²) in [6.45, 7) is 6.25. The Labute approximate surface area is 106 Å². The van der Waals surface area contributed by atoms with Gasteiger partial charge in [-0.2, -0.15) is 4.24 Å². The van der Waals surface area contributed by atoms with E-state index in [0.29, 0.717) is 0 Å². The van der Waals surface area contributed by atoms with Gasteiger partial charge in [0.2, 0.25) is 5.35 Å². The Bertz CT molecular complexity index is 829. The molecule has 0 aliphatic heterocycles. The quantitative estimate of drug-likeness (QED) is 0.616. The molecule has 0 saturated carbocycles. The van der Waals surface area contributed by atoms with E-state index in [1.807, 2.05) is 16.5 Å². The summed E-state index contributed by atoms with van der Waals surface area (Å²) >= 11 is 0. The molecule has 3 rings (SSSR count). The summed E-state index contributed by atoms with van der Waals surface area (Å²) < 4.78 is 1.93. The van der Waals surface area contributed by atoms with Crippen LogP contribution in [0, 0.1) is 24.2 Å². The molecule has 0 atom stereocenters. The summed E-state index contributed by atoms with van der Waals surface area (Å²) in [6, 6.07) is 10.6. The highest BCUT2D eigenvalue weighted by molar-refractivity contribution is 5.47. The van der Waals surface area contributed by atoms with Crippen molar-refractivity contribution in [2.24, 2.45) is 0 Å². The summed E-state index contributed by atoms with van der Waals surface area (Å²) in [5.74, 6) is 0. The molecular formula is C17H16N+. The molecule has 0 unspecified atom stereocenters. The number of rotatable bonds is 0. The number of allylic oxidation sites excluding steroid dienone is 2. The molecule has 88 valence electrons. The van der Waals surface area contributed by atoms with E-state index in [4.69, 9.17) is 0 Å². The number of benzene rings is 1.